The molecular weight excluding hydrogens is 476 g/mol. The highest BCUT2D eigenvalue weighted by Crippen LogP contribution is 2.37. The number of nitrogen functional groups attached to an aromatic ring is 1. The lowest BCUT2D eigenvalue weighted by Gasteiger charge is -2.38. The number of anilines is 1. The molecule has 194 valence electrons. The molecule has 7 rings (SSSR count). The topological polar surface area (TPSA) is 99.9 Å². The molecule has 1 aliphatic heterocycles. The van der Waals surface area contributed by atoms with E-state index < -0.39 is 0 Å². The maximum atomic E-state index is 6.42. The molecule has 2 N–H and O–H groups in total. The number of hydrogen-bond donors (Lipinski definition) is 1. The SMILES string of the molecule is Nc1ncnc2c1c(-c1ccc3c(cnn3Cc3ccccc3)c1)nn2[C@H]1CC[C@H](N2CCOCC2)CC1. The van der Waals surface area contributed by atoms with Gasteiger partial charge in [-0.3, -0.25) is 9.58 Å². The predicted molar refractivity (Wildman–Crippen MR) is 148 cm³/mol. The van der Waals surface area contributed by atoms with Gasteiger partial charge in [0.05, 0.1) is 42.9 Å². The largest absolute Gasteiger partial charge is 0.383 e. The third-order valence-electron chi connectivity index (χ3n) is 8.18. The van der Waals surface area contributed by atoms with Gasteiger partial charge in [-0.25, -0.2) is 14.6 Å². The van der Waals surface area contributed by atoms with Gasteiger partial charge in [-0.15, -0.1) is 0 Å². The van der Waals surface area contributed by atoms with E-state index in [2.05, 4.69) is 67.1 Å². The van der Waals surface area contributed by atoms with Crippen molar-refractivity contribution in [1.82, 2.24) is 34.4 Å². The fraction of sp³-hybridized carbons (Fsp3) is 0.379. The summed E-state index contributed by atoms with van der Waals surface area (Å²) in [4.78, 5) is 11.6. The minimum Gasteiger partial charge on any atom is -0.383 e. The Bertz CT molecular complexity index is 1560. The Balaban J connectivity index is 1.20. The van der Waals surface area contributed by atoms with Gasteiger partial charge in [0.2, 0.25) is 0 Å². The molecular formula is C29H32N8O. The van der Waals surface area contributed by atoms with Crippen LogP contribution in [0.1, 0.15) is 37.3 Å². The maximum absolute atomic E-state index is 6.42. The Morgan fingerprint density at radius 2 is 1.71 bits per heavy atom. The smallest absolute Gasteiger partial charge is 0.164 e. The van der Waals surface area contributed by atoms with E-state index in [1.807, 2.05) is 16.9 Å². The van der Waals surface area contributed by atoms with Crippen LogP contribution < -0.4 is 5.73 Å². The normalized spacial score (nSPS) is 20.8. The van der Waals surface area contributed by atoms with E-state index in [1.54, 1.807) is 6.33 Å². The van der Waals surface area contributed by atoms with Crippen molar-refractivity contribution >= 4 is 27.8 Å². The van der Waals surface area contributed by atoms with Crippen LogP contribution in [0.2, 0.25) is 0 Å². The Morgan fingerprint density at radius 3 is 2.53 bits per heavy atom. The van der Waals surface area contributed by atoms with Crippen LogP contribution in [0.15, 0.2) is 61.1 Å². The molecule has 1 aliphatic carbocycles. The van der Waals surface area contributed by atoms with Crippen molar-refractivity contribution < 1.29 is 4.74 Å². The molecule has 4 heterocycles. The fourth-order valence-electron chi connectivity index (χ4n) is 6.18. The van der Waals surface area contributed by atoms with E-state index in [4.69, 9.17) is 15.6 Å². The van der Waals surface area contributed by atoms with Gasteiger partial charge in [-0.2, -0.15) is 10.2 Å². The van der Waals surface area contributed by atoms with Crippen LogP contribution in [0.4, 0.5) is 5.82 Å². The molecule has 0 radical (unpaired) electrons. The summed E-state index contributed by atoms with van der Waals surface area (Å²) in [7, 11) is 0. The average molecular weight is 509 g/mol. The number of benzene rings is 2. The first kappa shape index (κ1) is 23.3. The number of rotatable bonds is 5. The van der Waals surface area contributed by atoms with Crippen LogP contribution >= 0.6 is 0 Å². The van der Waals surface area contributed by atoms with Crippen LogP contribution in [0.5, 0.6) is 0 Å². The maximum Gasteiger partial charge on any atom is 0.164 e. The molecule has 2 fully saturated rings. The van der Waals surface area contributed by atoms with Crippen LogP contribution in [-0.2, 0) is 11.3 Å². The van der Waals surface area contributed by atoms with Crippen molar-refractivity contribution in [3.63, 3.8) is 0 Å². The number of hydrogen-bond acceptors (Lipinski definition) is 7. The Labute approximate surface area is 221 Å². The molecule has 1 saturated heterocycles. The molecule has 9 heteroatoms. The van der Waals surface area contributed by atoms with Crippen LogP contribution in [0, 0.1) is 0 Å². The molecule has 3 aromatic heterocycles. The molecule has 0 unspecified atom stereocenters. The second-order valence-corrected chi connectivity index (χ2v) is 10.4. The molecule has 0 spiro atoms. The second-order valence-electron chi connectivity index (χ2n) is 10.4. The summed E-state index contributed by atoms with van der Waals surface area (Å²) in [5.74, 6) is 0.470. The summed E-state index contributed by atoms with van der Waals surface area (Å²) >= 11 is 0. The molecule has 0 atom stereocenters. The highest BCUT2D eigenvalue weighted by molar-refractivity contribution is 5.99. The second kappa shape index (κ2) is 9.81. The van der Waals surface area contributed by atoms with Gasteiger partial charge in [-0.05, 0) is 43.4 Å². The van der Waals surface area contributed by atoms with Crippen LogP contribution in [0.3, 0.4) is 0 Å². The molecule has 1 saturated carbocycles. The van der Waals surface area contributed by atoms with Crippen molar-refractivity contribution in [3.05, 3.63) is 66.6 Å². The number of aromatic nitrogens is 6. The summed E-state index contributed by atoms with van der Waals surface area (Å²) in [6.07, 6.45) is 7.95. The van der Waals surface area contributed by atoms with Crippen molar-refractivity contribution in [2.24, 2.45) is 0 Å². The number of morpholine rings is 1. The minimum absolute atomic E-state index is 0.301. The summed E-state index contributed by atoms with van der Waals surface area (Å²) in [5, 5.41) is 11.7. The highest BCUT2D eigenvalue weighted by atomic mass is 16.5. The third-order valence-corrected chi connectivity index (χ3v) is 8.18. The molecule has 0 amide bonds. The standard InChI is InChI=1S/C29H32N8O/c30-28-26-27(21-6-11-25-22(16-21)17-33-36(25)18-20-4-2-1-3-5-20)34-37(29(26)32-19-31-28)24-9-7-23(8-10-24)35-12-14-38-15-13-35/h1-6,11,16-17,19,23-24H,7-10,12-15,18H2,(H2,30,31,32)/t23-,24-. The summed E-state index contributed by atoms with van der Waals surface area (Å²) < 4.78 is 9.70. The number of nitrogens with two attached hydrogens (primary N) is 1. The predicted octanol–water partition coefficient (Wildman–Crippen LogP) is 4.29. The molecule has 9 nitrogen and oxygen atoms in total. The van der Waals surface area contributed by atoms with Crippen LogP contribution in [0.25, 0.3) is 33.2 Å². The molecule has 38 heavy (non-hydrogen) atoms. The lowest BCUT2D eigenvalue weighted by atomic mass is 9.90. The third kappa shape index (κ3) is 4.21. The number of ether oxygens (including phenoxy) is 1. The van der Waals surface area contributed by atoms with E-state index in [0.717, 1.165) is 91.7 Å². The lowest BCUT2D eigenvalue weighted by Crippen LogP contribution is -2.45. The summed E-state index contributed by atoms with van der Waals surface area (Å²) in [5.41, 5.74) is 11.4. The molecule has 2 aromatic carbocycles. The van der Waals surface area contributed by atoms with Gasteiger partial charge in [0.25, 0.3) is 0 Å². The average Bonchev–Trinajstić information content (AvgIpc) is 3.56. The van der Waals surface area contributed by atoms with E-state index in [1.165, 1.54) is 5.56 Å². The summed E-state index contributed by atoms with van der Waals surface area (Å²) in [6.45, 7) is 4.50. The minimum atomic E-state index is 0.301. The zero-order valence-electron chi connectivity index (χ0n) is 21.4. The highest BCUT2D eigenvalue weighted by Gasteiger charge is 2.30. The Hall–Kier alpha value is -3.82. The van der Waals surface area contributed by atoms with Crippen molar-refractivity contribution in [3.8, 4) is 11.3 Å². The van der Waals surface area contributed by atoms with Gasteiger partial charge in [0.1, 0.15) is 17.8 Å². The van der Waals surface area contributed by atoms with Gasteiger partial charge in [0.15, 0.2) is 5.65 Å². The van der Waals surface area contributed by atoms with Crippen molar-refractivity contribution in [1.29, 1.82) is 0 Å². The van der Waals surface area contributed by atoms with Crippen LogP contribution in [-0.4, -0.2) is 66.8 Å². The fourth-order valence-corrected chi connectivity index (χ4v) is 6.18. The van der Waals surface area contributed by atoms with Gasteiger partial charge >= 0.3 is 0 Å². The molecule has 5 aromatic rings. The Morgan fingerprint density at radius 1 is 0.921 bits per heavy atom. The number of nitrogens with zero attached hydrogens (tertiary/aromatic N) is 7. The monoisotopic (exact) mass is 508 g/mol. The van der Waals surface area contributed by atoms with E-state index in [0.29, 0.717) is 17.9 Å². The lowest BCUT2D eigenvalue weighted by molar-refractivity contribution is 0.00520. The Kier molecular flexibility index (Phi) is 6.02. The number of fused-ring (bicyclic) bond motifs is 2. The molecule has 2 aliphatic rings. The van der Waals surface area contributed by atoms with E-state index >= 15 is 0 Å². The van der Waals surface area contributed by atoms with Gasteiger partial charge in [-0.1, -0.05) is 36.4 Å². The quantitative estimate of drug-likeness (QED) is 0.378. The van der Waals surface area contributed by atoms with E-state index in [9.17, 15) is 0 Å². The first-order chi connectivity index (χ1) is 18.7. The van der Waals surface area contributed by atoms with Gasteiger partial charge < -0.3 is 10.5 Å². The van der Waals surface area contributed by atoms with Crippen molar-refractivity contribution in [2.75, 3.05) is 32.0 Å². The van der Waals surface area contributed by atoms with E-state index in [-0.39, 0.29) is 0 Å². The van der Waals surface area contributed by atoms with Crippen molar-refractivity contribution in [2.45, 2.75) is 44.3 Å². The first-order valence-corrected chi connectivity index (χ1v) is 13.5. The van der Waals surface area contributed by atoms with Gasteiger partial charge in [0, 0.05) is 30.1 Å². The zero-order chi connectivity index (χ0) is 25.5. The molecule has 0 bridgehead atoms. The summed E-state index contributed by atoms with van der Waals surface area (Å²) in [6, 6.07) is 17.7. The first-order valence-electron chi connectivity index (χ1n) is 13.5. The zero-order valence-corrected chi connectivity index (χ0v) is 21.4.